The molecule has 4 rings (SSSR count). The molecule has 2 fully saturated rings. The summed E-state index contributed by atoms with van der Waals surface area (Å²) in [7, 11) is 1.59. The van der Waals surface area contributed by atoms with Crippen LogP contribution in [0.1, 0.15) is 6.42 Å². The molecule has 0 spiro atoms. The zero-order valence-electron chi connectivity index (χ0n) is 17.8. The first-order valence-electron chi connectivity index (χ1n) is 10.4. The van der Waals surface area contributed by atoms with E-state index < -0.39 is 4.92 Å². The molecule has 0 saturated carbocycles. The SMILES string of the molecule is COc1ccc(N2C[C@@H](NC(=O)N3CCN(c4ccc([N+](=O)[O-])cc4)CC3)CC2=O)cc1. The number of nitrogens with zero attached hydrogens (tertiary/aromatic N) is 4. The normalized spacial score (nSPS) is 18.6. The van der Waals surface area contributed by atoms with Gasteiger partial charge in [0.25, 0.3) is 5.69 Å². The van der Waals surface area contributed by atoms with Gasteiger partial charge in [-0.25, -0.2) is 4.79 Å². The molecule has 2 aliphatic heterocycles. The van der Waals surface area contributed by atoms with Gasteiger partial charge in [-0.3, -0.25) is 14.9 Å². The lowest BCUT2D eigenvalue weighted by molar-refractivity contribution is -0.384. The van der Waals surface area contributed by atoms with Gasteiger partial charge in [0.2, 0.25) is 5.91 Å². The third kappa shape index (κ3) is 4.58. The number of piperazine rings is 1. The second-order valence-corrected chi connectivity index (χ2v) is 7.80. The van der Waals surface area contributed by atoms with Gasteiger partial charge in [0.15, 0.2) is 0 Å². The molecule has 0 aromatic heterocycles. The quantitative estimate of drug-likeness (QED) is 0.565. The average molecular weight is 439 g/mol. The number of methoxy groups -OCH3 is 1. The van der Waals surface area contributed by atoms with Crippen molar-refractivity contribution < 1.29 is 19.2 Å². The Morgan fingerprint density at radius 1 is 1.03 bits per heavy atom. The molecular formula is C22H25N5O5. The zero-order chi connectivity index (χ0) is 22.7. The van der Waals surface area contributed by atoms with Gasteiger partial charge in [0.1, 0.15) is 5.75 Å². The summed E-state index contributed by atoms with van der Waals surface area (Å²) in [4.78, 5) is 41.1. The number of carbonyl (C=O) groups excluding carboxylic acids is 2. The summed E-state index contributed by atoms with van der Waals surface area (Å²) < 4.78 is 5.15. The molecule has 0 radical (unpaired) electrons. The van der Waals surface area contributed by atoms with Gasteiger partial charge in [-0.1, -0.05) is 0 Å². The number of hydrogen-bond donors (Lipinski definition) is 1. The van der Waals surface area contributed by atoms with Gasteiger partial charge < -0.3 is 24.8 Å². The number of ether oxygens (including phenoxy) is 1. The Labute approximate surface area is 185 Å². The third-order valence-corrected chi connectivity index (χ3v) is 5.83. The molecule has 1 N–H and O–H groups in total. The first-order chi connectivity index (χ1) is 15.4. The number of nitrogens with one attached hydrogen (secondary N) is 1. The van der Waals surface area contributed by atoms with E-state index in [1.807, 2.05) is 12.1 Å². The molecular weight excluding hydrogens is 414 g/mol. The second-order valence-electron chi connectivity index (χ2n) is 7.80. The van der Waals surface area contributed by atoms with Crippen LogP contribution < -0.4 is 19.9 Å². The molecule has 10 heteroatoms. The lowest BCUT2D eigenvalue weighted by atomic mass is 10.2. The van der Waals surface area contributed by atoms with Gasteiger partial charge in [-0.2, -0.15) is 0 Å². The third-order valence-electron chi connectivity index (χ3n) is 5.83. The van der Waals surface area contributed by atoms with E-state index in [-0.39, 0.29) is 30.1 Å². The van der Waals surface area contributed by atoms with Crippen LogP contribution in [0.4, 0.5) is 21.9 Å². The molecule has 2 aromatic rings. The fourth-order valence-corrected chi connectivity index (χ4v) is 4.03. The number of anilines is 2. The fraction of sp³-hybridized carbons (Fsp3) is 0.364. The number of carbonyl (C=O) groups is 2. The molecule has 0 aliphatic carbocycles. The maximum absolute atomic E-state index is 12.7. The summed E-state index contributed by atoms with van der Waals surface area (Å²) >= 11 is 0. The predicted octanol–water partition coefficient (Wildman–Crippen LogP) is 2.24. The highest BCUT2D eigenvalue weighted by Gasteiger charge is 2.33. The summed E-state index contributed by atoms with van der Waals surface area (Å²) in [6, 6.07) is 13.3. The maximum atomic E-state index is 12.7. The van der Waals surface area contributed by atoms with Crippen molar-refractivity contribution in [2.24, 2.45) is 0 Å². The highest BCUT2D eigenvalue weighted by atomic mass is 16.6. The lowest BCUT2D eigenvalue weighted by Crippen LogP contribution is -2.53. The minimum Gasteiger partial charge on any atom is -0.497 e. The van der Waals surface area contributed by atoms with E-state index in [1.54, 1.807) is 41.2 Å². The number of nitro benzene ring substituents is 1. The molecule has 0 bridgehead atoms. The number of urea groups is 1. The molecule has 32 heavy (non-hydrogen) atoms. The lowest BCUT2D eigenvalue weighted by Gasteiger charge is -2.36. The molecule has 3 amide bonds. The standard InChI is InChI=1S/C22H25N5O5/c1-32-20-8-6-18(7-9-20)26-15-16(14-21(26)28)23-22(29)25-12-10-24(11-13-25)17-2-4-19(5-3-17)27(30)31/h2-9,16H,10-15H2,1H3,(H,23,29)/t16-/m0/s1. The molecule has 10 nitrogen and oxygen atoms in total. The van der Waals surface area contributed by atoms with Crippen LogP contribution in [-0.2, 0) is 4.79 Å². The summed E-state index contributed by atoms with van der Waals surface area (Å²) in [6.45, 7) is 2.76. The van der Waals surface area contributed by atoms with E-state index in [4.69, 9.17) is 4.74 Å². The number of nitro groups is 1. The molecule has 2 saturated heterocycles. The zero-order valence-corrected chi connectivity index (χ0v) is 17.8. The highest BCUT2D eigenvalue weighted by molar-refractivity contribution is 5.96. The Morgan fingerprint density at radius 3 is 2.25 bits per heavy atom. The van der Waals surface area contributed by atoms with Crippen molar-refractivity contribution in [3.8, 4) is 5.75 Å². The first kappa shape index (κ1) is 21.4. The topological polar surface area (TPSA) is 108 Å². The Hall–Kier alpha value is -3.82. The molecule has 1 atom stereocenters. The van der Waals surface area contributed by atoms with Crippen molar-refractivity contribution >= 4 is 29.0 Å². The Bertz CT molecular complexity index is 987. The number of amides is 3. The fourth-order valence-electron chi connectivity index (χ4n) is 4.03. The number of benzene rings is 2. The van der Waals surface area contributed by atoms with E-state index in [0.29, 0.717) is 32.7 Å². The van der Waals surface area contributed by atoms with E-state index in [2.05, 4.69) is 10.2 Å². The van der Waals surface area contributed by atoms with E-state index in [9.17, 15) is 19.7 Å². The largest absolute Gasteiger partial charge is 0.497 e. The molecule has 2 aliphatic rings. The van der Waals surface area contributed by atoms with Crippen molar-refractivity contribution in [1.82, 2.24) is 10.2 Å². The summed E-state index contributed by atoms with van der Waals surface area (Å²) in [5, 5.41) is 13.8. The molecule has 168 valence electrons. The van der Waals surface area contributed by atoms with Crippen molar-refractivity contribution in [2.75, 3.05) is 49.6 Å². The van der Waals surface area contributed by atoms with Crippen molar-refractivity contribution in [3.63, 3.8) is 0 Å². The van der Waals surface area contributed by atoms with Gasteiger partial charge >= 0.3 is 6.03 Å². The van der Waals surface area contributed by atoms with Crippen LogP contribution in [0, 0.1) is 10.1 Å². The van der Waals surface area contributed by atoms with Crippen LogP contribution in [0.25, 0.3) is 0 Å². The monoisotopic (exact) mass is 439 g/mol. The highest BCUT2D eigenvalue weighted by Crippen LogP contribution is 2.25. The average Bonchev–Trinajstić information content (AvgIpc) is 3.19. The summed E-state index contributed by atoms with van der Waals surface area (Å²) in [5.74, 6) is 0.696. The van der Waals surface area contributed by atoms with Gasteiger partial charge in [-0.05, 0) is 36.4 Å². The number of hydrogen-bond acceptors (Lipinski definition) is 6. The van der Waals surface area contributed by atoms with Crippen LogP contribution in [0.15, 0.2) is 48.5 Å². The number of rotatable bonds is 5. The minimum atomic E-state index is -0.421. The van der Waals surface area contributed by atoms with Crippen LogP contribution in [-0.4, -0.2) is 67.6 Å². The van der Waals surface area contributed by atoms with Gasteiger partial charge in [-0.15, -0.1) is 0 Å². The Balaban J connectivity index is 1.28. The number of non-ortho nitro benzene ring substituents is 1. The van der Waals surface area contributed by atoms with Gasteiger partial charge in [0, 0.05) is 62.7 Å². The predicted molar refractivity (Wildman–Crippen MR) is 119 cm³/mol. The summed E-state index contributed by atoms with van der Waals surface area (Å²) in [5.41, 5.74) is 1.73. The van der Waals surface area contributed by atoms with Crippen LogP contribution in [0.2, 0.25) is 0 Å². The molecule has 2 heterocycles. The van der Waals surface area contributed by atoms with Crippen LogP contribution in [0.3, 0.4) is 0 Å². The molecule has 2 aromatic carbocycles. The van der Waals surface area contributed by atoms with E-state index in [0.717, 1.165) is 17.1 Å². The summed E-state index contributed by atoms with van der Waals surface area (Å²) in [6.07, 6.45) is 0.264. The first-order valence-corrected chi connectivity index (χ1v) is 10.4. The minimum absolute atomic E-state index is 0.0246. The van der Waals surface area contributed by atoms with Crippen LogP contribution in [0.5, 0.6) is 5.75 Å². The molecule has 0 unspecified atom stereocenters. The van der Waals surface area contributed by atoms with Crippen molar-refractivity contribution in [3.05, 3.63) is 58.6 Å². The van der Waals surface area contributed by atoms with Gasteiger partial charge in [0.05, 0.1) is 18.1 Å². The Morgan fingerprint density at radius 2 is 1.66 bits per heavy atom. The second kappa shape index (κ2) is 9.13. The van der Waals surface area contributed by atoms with Crippen molar-refractivity contribution in [2.45, 2.75) is 12.5 Å². The Kier molecular flexibility index (Phi) is 6.11. The van der Waals surface area contributed by atoms with Crippen LogP contribution >= 0.6 is 0 Å². The smallest absolute Gasteiger partial charge is 0.317 e. The van der Waals surface area contributed by atoms with E-state index in [1.165, 1.54) is 12.1 Å². The maximum Gasteiger partial charge on any atom is 0.317 e. The van der Waals surface area contributed by atoms with E-state index >= 15 is 0 Å². The van der Waals surface area contributed by atoms with Crippen molar-refractivity contribution in [1.29, 1.82) is 0 Å².